The summed E-state index contributed by atoms with van der Waals surface area (Å²) in [5.74, 6) is -0.804. The summed E-state index contributed by atoms with van der Waals surface area (Å²) < 4.78 is 37.3. The fraction of sp³-hybridized carbons (Fsp3) is 0.412. The minimum Gasteiger partial charge on any atom is -0.468 e. The van der Waals surface area contributed by atoms with Gasteiger partial charge >= 0.3 is 5.97 Å². The van der Waals surface area contributed by atoms with E-state index in [1.54, 1.807) is 13.0 Å². The largest absolute Gasteiger partial charge is 0.468 e. The second-order valence-corrected chi connectivity index (χ2v) is 10.3. The van der Waals surface area contributed by atoms with E-state index in [1.807, 2.05) is 0 Å². The van der Waals surface area contributed by atoms with E-state index in [9.17, 15) is 18.0 Å². The van der Waals surface area contributed by atoms with Crippen LogP contribution < -0.4 is 5.32 Å². The van der Waals surface area contributed by atoms with Crippen LogP contribution in [0.3, 0.4) is 0 Å². The average Bonchev–Trinajstić information content (AvgIpc) is 3.19. The number of aromatic nitrogens is 2. The van der Waals surface area contributed by atoms with Gasteiger partial charge in [0.25, 0.3) is 5.91 Å². The maximum atomic E-state index is 12.9. The van der Waals surface area contributed by atoms with E-state index in [2.05, 4.69) is 20.3 Å². The van der Waals surface area contributed by atoms with Crippen LogP contribution in [-0.4, -0.2) is 74.0 Å². The number of ether oxygens (including phenoxy) is 2. The number of carbonyl (C=O) groups is 2. The van der Waals surface area contributed by atoms with E-state index < -0.39 is 21.9 Å². The summed E-state index contributed by atoms with van der Waals surface area (Å²) in [7, 11) is -2.42. The second kappa shape index (κ2) is 9.83. The lowest BCUT2D eigenvalue weighted by Gasteiger charge is -2.26. The van der Waals surface area contributed by atoms with Crippen molar-refractivity contribution in [2.45, 2.75) is 16.2 Å². The first-order valence-electron chi connectivity index (χ1n) is 8.84. The van der Waals surface area contributed by atoms with Gasteiger partial charge in [0.1, 0.15) is 0 Å². The Hall–Kier alpha value is -2.06. The van der Waals surface area contributed by atoms with Gasteiger partial charge < -0.3 is 9.47 Å². The van der Waals surface area contributed by atoms with Crippen molar-refractivity contribution in [3.63, 3.8) is 0 Å². The number of esters is 1. The molecule has 1 aromatic heterocycles. The van der Waals surface area contributed by atoms with Crippen molar-refractivity contribution < 1.29 is 27.5 Å². The Bertz CT molecular complexity index is 1030. The van der Waals surface area contributed by atoms with Gasteiger partial charge in [0.05, 0.1) is 31.0 Å². The van der Waals surface area contributed by atoms with E-state index in [0.717, 1.165) is 23.1 Å². The molecule has 0 radical (unpaired) electrons. The molecule has 1 amide bonds. The molecule has 1 aromatic carbocycles. The standard InChI is InChI=1S/C17H20N4O6S3/c1-11-3-4-12(30(24,25)21-5-7-27-8-6-21)9-13(11)15(23)18-16-19-20-17(29-16)28-10-14(22)26-2/h3-4,9H,5-8,10H2,1-2H3,(H,18,19,23). The van der Waals surface area contributed by atoms with Crippen molar-refractivity contribution in [1.82, 2.24) is 14.5 Å². The minimum atomic E-state index is -3.72. The molecule has 1 aliphatic rings. The van der Waals surface area contributed by atoms with Crippen LogP contribution in [0.15, 0.2) is 27.4 Å². The van der Waals surface area contributed by atoms with E-state index >= 15 is 0 Å². The van der Waals surface area contributed by atoms with E-state index in [4.69, 9.17) is 4.74 Å². The van der Waals surface area contributed by atoms with Crippen molar-refractivity contribution in [3.8, 4) is 0 Å². The normalized spacial score (nSPS) is 15.0. The molecule has 30 heavy (non-hydrogen) atoms. The number of methoxy groups -OCH3 is 1. The molecule has 0 saturated carbocycles. The number of benzene rings is 1. The summed E-state index contributed by atoms with van der Waals surface area (Å²) in [4.78, 5) is 24.0. The van der Waals surface area contributed by atoms with Crippen molar-refractivity contribution in [3.05, 3.63) is 29.3 Å². The van der Waals surface area contributed by atoms with Crippen LogP contribution in [0.25, 0.3) is 0 Å². The molecule has 13 heteroatoms. The molecule has 0 aliphatic carbocycles. The first-order chi connectivity index (χ1) is 14.3. The molecule has 162 valence electrons. The summed E-state index contributed by atoms with van der Waals surface area (Å²) in [5.41, 5.74) is 0.849. The van der Waals surface area contributed by atoms with Gasteiger partial charge in [-0.3, -0.25) is 14.9 Å². The van der Waals surface area contributed by atoms with Gasteiger partial charge in [-0.05, 0) is 24.6 Å². The van der Waals surface area contributed by atoms with Crippen LogP contribution in [0.2, 0.25) is 0 Å². The number of nitrogens with zero attached hydrogens (tertiary/aromatic N) is 3. The predicted molar refractivity (Wildman–Crippen MR) is 111 cm³/mol. The van der Waals surface area contributed by atoms with Crippen molar-refractivity contribution >= 4 is 50.1 Å². The van der Waals surface area contributed by atoms with Crippen LogP contribution in [0, 0.1) is 6.92 Å². The Kier molecular flexibility index (Phi) is 7.41. The molecule has 1 aliphatic heterocycles. The maximum Gasteiger partial charge on any atom is 0.316 e. The molecule has 0 spiro atoms. The smallest absolute Gasteiger partial charge is 0.316 e. The Morgan fingerprint density at radius 3 is 2.73 bits per heavy atom. The molecule has 0 unspecified atom stereocenters. The topological polar surface area (TPSA) is 128 Å². The van der Waals surface area contributed by atoms with Crippen molar-refractivity contribution in [1.29, 1.82) is 0 Å². The number of thioether (sulfide) groups is 1. The first-order valence-corrected chi connectivity index (χ1v) is 12.1. The van der Waals surface area contributed by atoms with Crippen molar-refractivity contribution in [2.24, 2.45) is 0 Å². The number of amides is 1. The van der Waals surface area contributed by atoms with E-state index in [-0.39, 0.29) is 34.4 Å². The first kappa shape index (κ1) is 22.6. The van der Waals surface area contributed by atoms with E-state index in [0.29, 0.717) is 23.1 Å². The Morgan fingerprint density at radius 2 is 2.03 bits per heavy atom. The van der Waals surface area contributed by atoms with Crippen LogP contribution >= 0.6 is 23.1 Å². The number of aryl methyl sites for hydroxylation is 1. The highest BCUT2D eigenvalue weighted by molar-refractivity contribution is 8.01. The summed E-state index contributed by atoms with van der Waals surface area (Å²) in [5, 5.41) is 10.7. The highest BCUT2D eigenvalue weighted by atomic mass is 32.2. The van der Waals surface area contributed by atoms with Gasteiger partial charge in [0, 0.05) is 18.7 Å². The fourth-order valence-electron chi connectivity index (χ4n) is 2.60. The summed E-state index contributed by atoms with van der Waals surface area (Å²) in [6.45, 7) is 2.94. The highest BCUT2D eigenvalue weighted by Gasteiger charge is 2.27. The SMILES string of the molecule is COC(=O)CSc1nnc(NC(=O)c2cc(S(=O)(=O)N3CCOCC3)ccc2C)s1. The monoisotopic (exact) mass is 472 g/mol. The maximum absolute atomic E-state index is 12.9. The zero-order valence-corrected chi connectivity index (χ0v) is 18.7. The third-order valence-electron chi connectivity index (χ3n) is 4.23. The van der Waals surface area contributed by atoms with Gasteiger partial charge in [0.2, 0.25) is 15.2 Å². The number of nitrogens with one attached hydrogen (secondary N) is 1. The molecule has 2 aromatic rings. The number of carbonyl (C=O) groups excluding carboxylic acids is 2. The zero-order chi connectivity index (χ0) is 21.7. The molecular weight excluding hydrogens is 452 g/mol. The summed E-state index contributed by atoms with van der Waals surface area (Å²) in [6, 6.07) is 4.45. The fourth-order valence-corrected chi connectivity index (χ4v) is 5.62. The lowest BCUT2D eigenvalue weighted by Crippen LogP contribution is -2.40. The second-order valence-electron chi connectivity index (χ2n) is 6.19. The van der Waals surface area contributed by atoms with Gasteiger partial charge in [-0.2, -0.15) is 4.31 Å². The molecule has 1 saturated heterocycles. The van der Waals surface area contributed by atoms with Gasteiger partial charge in [0.15, 0.2) is 4.34 Å². The molecule has 2 heterocycles. The van der Waals surface area contributed by atoms with Crippen LogP contribution in [0.4, 0.5) is 5.13 Å². The molecule has 10 nitrogen and oxygen atoms in total. The molecule has 0 atom stereocenters. The number of sulfonamides is 1. The molecular formula is C17H20N4O6S3. The molecule has 0 bridgehead atoms. The highest BCUT2D eigenvalue weighted by Crippen LogP contribution is 2.27. The van der Waals surface area contributed by atoms with E-state index in [1.165, 1.54) is 23.5 Å². The quantitative estimate of drug-likeness (QED) is 0.361. The molecule has 1 N–H and O–H groups in total. The number of rotatable bonds is 7. The van der Waals surface area contributed by atoms with Gasteiger partial charge in [-0.1, -0.05) is 29.2 Å². The summed E-state index contributed by atoms with van der Waals surface area (Å²) in [6.07, 6.45) is 0. The molecule has 3 rings (SSSR count). The van der Waals surface area contributed by atoms with Crippen LogP contribution in [-0.2, 0) is 24.3 Å². The number of anilines is 1. The van der Waals surface area contributed by atoms with Crippen LogP contribution in [0.5, 0.6) is 0 Å². The van der Waals surface area contributed by atoms with Crippen LogP contribution in [0.1, 0.15) is 15.9 Å². The Balaban J connectivity index is 1.74. The molecule has 1 fully saturated rings. The Labute approximate surface area is 182 Å². The van der Waals surface area contributed by atoms with Gasteiger partial charge in [-0.15, -0.1) is 10.2 Å². The lowest BCUT2D eigenvalue weighted by atomic mass is 10.1. The summed E-state index contributed by atoms with van der Waals surface area (Å²) >= 11 is 2.25. The number of hydrogen-bond acceptors (Lipinski definition) is 10. The third-order valence-corrected chi connectivity index (χ3v) is 8.07. The average molecular weight is 473 g/mol. The lowest BCUT2D eigenvalue weighted by molar-refractivity contribution is -0.137. The zero-order valence-electron chi connectivity index (χ0n) is 16.3. The number of hydrogen-bond donors (Lipinski definition) is 1. The van der Waals surface area contributed by atoms with Crippen molar-refractivity contribution in [2.75, 3.05) is 44.5 Å². The number of morpholine rings is 1. The minimum absolute atomic E-state index is 0.0479. The van der Waals surface area contributed by atoms with Gasteiger partial charge in [-0.25, -0.2) is 8.42 Å². The third kappa shape index (κ3) is 5.35. The predicted octanol–water partition coefficient (Wildman–Crippen LogP) is 1.38. The Morgan fingerprint density at radius 1 is 1.30 bits per heavy atom.